The number of aliphatic hydroxyl groups is 1. The van der Waals surface area contributed by atoms with E-state index in [0.29, 0.717) is 26.2 Å². The van der Waals surface area contributed by atoms with Crippen LogP contribution in [0.2, 0.25) is 0 Å². The quantitative estimate of drug-likeness (QED) is 0.847. The molecule has 1 aliphatic rings. The molecule has 0 aliphatic carbocycles. The van der Waals surface area contributed by atoms with Crippen LogP contribution in [0, 0.1) is 0 Å². The van der Waals surface area contributed by atoms with Crippen LogP contribution in [0.3, 0.4) is 0 Å². The first-order chi connectivity index (χ1) is 11.7. The summed E-state index contributed by atoms with van der Waals surface area (Å²) in [6.07, 6.45) is -0.494. The van der Waals surface area contributed by atoms with Crippen molar-refractivity contribution >= 4 is 0 Å². The summed E-state index contributed by atoms with van der Waals surface area (Å²) in [7, 11) is 0. The van der Waals surface area contributed by atoms with Crippen molar-refractivity contribution in [2.24, 2.45) is 0 Å². The molecule has 128 valence electrons. The Kier molecular flexibility index (Phi) is 5.63. The Hall–Kier alpha value is -1.72. The van der Waals surface area contributed by atoms with Gasteiger partial charge in [-0.1, -0.05) is 60.7 Å². The molecule has 1 fully saturated rings. The lowest BCUT2D eigenvalue weighted by molar-refractivity contribution is -0.190. The van der Waals surface area contributed by atoms with Crippen molar-refractivity contribution in [2.45, 2.75) is 44.6 Å². The van der Waals surface area contributed by atoms with Crippen LogP contribution in [0.15, 0.2) is 60.7 Å². The van der Waals surface area contributed by atoms with Crippen LogP contribution in [0.1, 0.15) is 24.5 Å². The maximum absolute atomic E-state index is 10.2. The first kappa shape index (κ1) is 17.1. The molecule has 0 radical (unpaired) electrons. The minimum Gasteiger partial charge on any atom is -0.374 e. The third-order valence-electron chi connectivity index (χ3n) is 4.30. The van der Waals surface area contributed by atoms with Crippen molar-refractivity contribution < 1.29 is 19.3 Å². The summed E-state index contributed by atoms with van der Waals surface area (Å²) in [6, 6.07) is 19.9. The van der Waals surface area contributed by atoms with Gasteiger partial charge in [-0.2, -0.15) is 0 Å². The van der Waals surface area contributed by atoms with Crippen LogP contribution in [0.4, 0.5) is 0 Å². The average molecular weight is 328 g/mol. The second-order valence-electron chi connectivity index (χ2n) is 6.40. The molecule has 3 unspecified atom stereocenters. The Bertz CT molecular complexity index is 616. The summed E-state index contributed by atoms with van der Waals surface area (Å²) in [5, 5.41) is 10.2. The van der Waals surface area contributed by atoms with E-state index in [9.17, 15) is 5.11 Å². The molecule has 2 aromatic rings. The van der Waals surface area contributed by atoms with E-state index < -0.39 is 11.9 Å². The molecule has 4 heteroatoms. The number of aliphatic hydroxyl groups excluding tert-OH is 1. The first-order valence-electron chi connectivity index (χ1n) is 8.29. The Morgan fingerprint density at radius 3 is 2.21 bits per heavy atom. The molecule has 24 heavy (non-hydrogen) atoms. The van der Waals surface area contributed by atoms with Crippen molar-refractivity contribution in [1.29, 1.82) is 0 Å². The van der Waals surface area contributed by atoms with Gasteiger partial charge in [0.15, 0.2) is 6.29 Å². The summed E-state index contributed by atoms with van der Waals surface area (Å²) in [4.78, 5) is 0. The van der Waals surface area contributed by atoms with Crippen molar-refractivity contribution in [1.82, 2.24) is 0 Å². The van der Waals surface area contributed by atoms with Crippen molar-refractivity contribution in [3.63, 3.8) is 0 Å². The predicted octanol–water partition coefficient (Wildman–Crippen LogP) is 3.29. The van der Waals surface area contributed by atoms with E-state index in [1.807, 2.05) is 67.6 Å². The molecule has 1 aliphatic heterocycles. The predicted molar refractivity (Wildman–Crippen MR) is 91.2 cm³/mol. The Balaban J connectivity index is 1.46. The summed E-state index contributed by atoms with van der Waals surface area (Å²) >= 11 is 0. The minimum absolute atomic E-state index is 0.163. The fourth-order valence-corrected chi connectivity index (χ4v) is 2.86. The second kappa shape index (κ2) is 7.90. The summed E-state index contributed by atoms with van der Waals surface area (Å²) in [5.41, 5.74) is 1.49. The van der Waals surface area contributed by atoms with Crippen molar-refractivity contribution in [2.75, 3.05) is 6.61 Å². The van der Waals surface area contributed by atoms with Crippen LogP contribution < -0.4 is 0 Å². The van der Waals surface area contributed by atoms with Gasteiger partial charge in [0.05, 0.1) is 25.9 Å². The molecule has 3 rings (SSSR count). The highest BCUT2D eigenvalue weighted by atomic mass is 16.7. The summed E-state index contributed by atoms with van der Waals surface area (Å²) in [5.74, 6) is 0. The van der Waals surface area contributed by atoms with Gasteiger partial charge in [-0.3, -0.25) is 0 Å². The van der Waals surface area contributed by atoms with Gasteiger partial charge in [-0.05, 0) is 18.1 Å². The van der Waals surface area contributed by atoms with Crippen LogP contribution in [-0.2, 0) is 27.4 Å². The molecule has 0 bridgehead atoms. The number of hydrogen-bond donors (Lipinski definition) is 1. The lowest BCUT2D eigenvalue weighted by Gasteiger charge is -2.26. The van der Waals surface area contributed by atoms with Gasteiger partial charge in [0.25, 0.3) is 0 Å². The zero-order valence-corrected chi connectivity index (χ0v) is 13.9. The monoisotopic (exact) mass is 328 g/mol. The molecule has 1 N–H and O–H groups in total. The molecule has 2 aromatic carbocycles. The maximum Gasteiger partial charge on any atom is 0.184 e. The van der Waals surface area contributed by atoms with E-state index in [1.165, 1.54) is 0 Å². The average Bonchev–Trinajstić information content (AvgIpc) is 2.90. The third-order valence-corrected chi connectivity index (χ3v) is 4.30. The smallest absolute Gasteiger partial charge is 0.184 e. The zero-order chi connectivity index (χ0) is 16.8. The molecular weight excluding hydrogens is 304 g/mol. The van der Waals surface area contributed by atoms with Gasteiger partial charge in [0.2, 0.25) is 0 Å². The Morgan fingerprint density at radius 1 is 1.00 bits per heavy atom. The highest BCUT2D eigenvalue weighted by Gasteiger charge is 2.45. The zero-order valence-electron chi connectivity index (χ0n) is 13.9. The van der Waals surface area contributed by atoms with Gasteiger partial charge in [-0.15, -0.1) is 0 Å². The SMILES string of the molecule is CC1(OCc2ccccc2)CC(COCc2ccccc2)OC1O. The van der Waals surface area contributed by atoms with Crippen LogP contribution >= 0.6 is 0 Å². The molecular formula is C20H24O4. The van der Waals surface area contributed by atoms with Gasteiger partial charge in [-0.25, -0.2) is 0 Å². The molecule has 4 nitrogen and oxygen atoms in total. The maximum atomic E-state index is 10.2. The number of hydrogen-bond acceptors (Lipinski definition) is 4. The van der Waals surface area contributed by atoms with E-state index in [2.05, 4.69) is 0 Å². The molecule has 1 saturated heterocycles. The second-order valence-corrected chi connectivity index (χ2v) is 6.40. The fraction of sp³-hybridized carbons (Fsp3) is 0.400. The van der Waals surface area contributed by atoms with Crippen molar-refractivity contribution in [3.8, 4) is 0 Å². The molecule has 0 spiro atoms. The first-order valence-corrected chi connectivity index (χ1v) is 8.29. The third kappa shape index (κ3) is 4.42. The molecule has 3 atom stereocenters. The summed E-state index contributed by atoms with van der Waals surface area (Å²) in [6.45, 7) is 3.32. The topological polar surface area (TPSA) is 47.9 Å². The van der Waals surface area contributed by atoms with E-state index >= 15 is 0 Å². The van der Waals surface area contributed by atoms with Gasteiger partial charge in [0.1, 0.15) is 5.60 Å². The lowest BCUT2D eigenvalue weighted by atomic mass is 10.0. The van der Waals surface area contributed by atoms with Crippen molar-refractivity contribution in [3.05, 3.63) is 71.8 Å². The Labute approximate surface area is 143 Å². The van der Waals surface area contributed by atoms with E-state index in [4.69, 9.17) is 14.2 Å². The van der Waals surface area contributed by atoms with Crippen LogP contribution in [-0.4, -0.2) is 29.7 Å². The highest BCUT2D eigenvalue weighted by molar-refractivity contribution is 5.14. The number of rotatable bonds is 7. The van der Waals surface area contributed by atoms with Crippen LogP contribution in [0.25, 0.3) is 0 Å². The fourth-order valence-electron chi connectivity index (χ4n) is 2.86. The van der Waals surface area contributed by atoms with E-state index in [1.54, 1.807) is 0 Å². The largest absolute Gasteiger partial charge is 0.374 e. The lowest BCUT2D eigenvalue weighted by Crippen LogP contribution is -2.37. The number of ether oxygens (including phenoxy) is 3. The summed E-state index contributed by atoms with van der Waals surface area (Å²) < 4.78 is 17.3. The van der Waals surface area contributed by atoms with Gasteiger partial charge in [0, 0.05) is 6.42 Å². The molecule has 1 heterocycles. The van der Waals surface area contributed by atoms with Gasteiger partial charge >= 0.3 is 0 Å². The standard InChI is InChI=1S/C20H24O4/c1-20(23-14-17-10-6-3-7-11-17)12-18(24-19(20)21)15-22-13-16-8-4-2-5-9-16/h2-11,18-19,21H,12-15H2,1H3. The van der Waals surface area contributed by atoms with E-state index in [-0.39, 0.29) is 6.10 Å². The van der Waals surface area contributed by atoms with Gasteiger partial charge < -0.3 is 19.3 Å². The highest BCUT2D eigenvalue weighted by Crippen LogP contribution is 2.33. The number of benzene rings is 2. The normalized spacial score (nSPS) is 26.6. The molecule has 0 aromatic heterocycles. The van der Waals surface area contributed by atoms with E-state index in [0.717, 1.165) is 11.1 Å². The molecule has 0 saturated carbocycles. The van der Waals surface area contributed by atoms with Crippen LogP contribution in [0.5, 0.6) is 0 Å². The molecule has 0 amide bonds. The minimum atomic E-state index is -0.938. The Morgan fingerprint density at radius 2 is 1.58 bits per heavy atom.